The van der Waals surface area contributed by atoms with E-state index < -0.39 is 0 Å². The standard InChI is InChI=1S/C14H15N5O/c15-12-3-1-2-11(8-12)4-5-14(20)18-6-7-19-10-16-17-13(19)9-18/h1-5,8,10H,6-7,9,15H2/b5-4+. The second-order valence-electron chi connectivity index (χ2n) is 4.70. The van der Waals surface area contributed by atoms with E-state index in [1.165, 1.54) is 0 Å². The van der Waals surface area contributed by atoms with Gasteiger partial charge in [0.1, 0.15) is 6.33 Å². The van der Waals surface area contributed by atoms with Gasteiger partial charge in [-0.2, -0.15) is 0 Å². The van der Waals surface area contributed by atoms with Crippen molar-refractivity contribution < 1.29 is 4.79 Å². The third kappa shape index (κ3) is 2.54. The highest BCUT2D eigenvalue weighted by atomic mass is 16.2. The van der Waals surface area contributed by atoms with Crippen molar-refractivity contribution in [2.24, 2.45) is 0 Å². The number of fused-ring (bicyclic) bond motifs is 1. The maximum atomic E-state index is 12.1. The van der Waals surface area contributed by atoms with E-state index in [0.29, 0.717) is 18.8 Å². The zero-order chi connectivity index (χ0) is 13.9. The van der Waals surface area contributed by atoms with Crippen molar-refractivity contribution in [3.8, 4) is 0 Å². The molecular weight excluding hydrogens is 254 g/mol. The van der Waals surface area contributed by atoms with Crippen molar-refractivity contribution >= 4 is 17.7 Å². The first-order valence-electron chi connectivity index (χ1n) is 6.41. The number of rotatable bonds is 2. The summed E-state index contributed by atoms with van der Waals surface area (Å²) in [5.74, 6) is 0.795. The summed E-state index contributed by atoms with van der Waals surface area (Å²) in [5, 5.41) is 7.84. The second kappa shape index (κ2) is 5.16. The number of aromatic nitrogens is 3. The minimum absolute atomic E-state index is 0.0262. The summed E-state index contributed by atoms with van der Waals surface area (Å²) in [7, 11) is 0. The number of hydrogen-bond acceptors (Lipinski definition) is 4. The zero-order valence-corrected chi connectivity index (χ0v) is 10.9. The van der Waals surface area contributed by atoms with Crippen LogP contribution in [0.5, 0.6) is 0 Å². The Bertz CT molecular complexity index is 661. The summed E-state index contributed by atoms with van der Waals surface area (Å²) in [5.41, 5.74) is 7.30. The first-order valence-corrected chi connectivity index (χ1v) is 6.41. The fourth-order valence-electron chi connectivity index (χ4n) is 2.19. The van der Waals surface area contributed by atoms with E-state index >= 15 is 0 Å². The Labute approximate surface area is 116 Å². The summed E-state index contributed by atoms with van der Waals surface area (Å²) < 4.78 is 1.96. The number of nitrogens with zero attached hydrogens (tertiary/aromatic N) is 4. The van der Waals surface area contributed by atoms with Crippen LogP contribution in [0.2, 0.25) is 0 Å². The lowest BCUT2D eigenvalue weighted by Crippen LogP contribution is -2.37. The maximum Gasteiger partial charge on any atom is 0.247 e. The highest BCUT2D eigenvalue weighted by Gasteiger charge is 2.19. The molecule has 2 aromatic rings. The van der Waals surface area contributed by atoms with Crippen molar-refractivity contribution in [2.45, 2.75) is 13.1 Å². The van der Waals surface area contributed by atoms with Crippen LogP contribution in [0.3, 0.4) is 0 Å². The molecule has 102 valence electrons. The lowest BCUT2D eigenvalue weighted by atomic mass is 10.2. The Kier molecular flexibility index (Phi) is 3.20. The van der Waals surface area contributed by atoms with Gasteiger partial charge < -0.3 is 15.2 Å². The average Bonchev–Trinajstić information content (AvgIpc) is 2.92. The molecule has 0 spiro atoms. The lowest BCUT2D eigenvalue weighted by molar-refractivity contribution is -0.127. The number of hydrogen-bond donors (Lipinski definition) is 1. The molecule has 0 saturated heterocycles. The summed E-state index contributed by atoms with van der Waals surface area (Å²) in [6.45, 7) is 1.91. The topological polar surface area (TPSA) is 77.0 Å². The van der Waals surface area contributed by atoms with Crippen LogP contribution in [-0.2, 0) is 17.9 Å². The zero-order valence-electron chi connectivity index (χ0n) is 10.9. The molecule has 1 aliphatic rings. The van der Waals surface area contributed by atoms with E-state index in [2.05, 4.69) is 10.2 Å². The molecule has 0 radical (unpaired) electrons. The number of amides is 1. The van der Waals surface area contributed by atoms with E-state index in [1.807, 2.05) is 28.8 Å². The van der Waals surface area contributed by atoms with Gasteiger partial charge in [-0.3, -0.25) is 4.79 Å². The Hall–Kier alpha value is -2.63. The maximum absolute atomic E-state index is 12.1. The van der Waals surface area contributed by atoms with Crippen LogP contribution in [0.4, 0.5) is 5.69 Å². The molecule has 1 aliphatic heterocycles. The van der Waals surface area contributed by atoms with Crippen LogP contribution in [-0.4, -0.2) is 32.1 Å². The largest absolute Gasteiger partial charge is 0.399 e. The Morgan fingerprint density at radius 3 is 3.10 bits per heavy atom. The summed E-state index contributed by atoms with van der Waals surface area (Å²) in [6.07, 6.45) is 5.04. The fourth-order valence-corrected chi connectivity index (χ4v) is 2.19. The van der Waals surface area contributed by atoms with Crippen LogP contribution in [0, 0.1) is 0 Å². The molecule has 0 saturated carbocycles. The Morgan fingerprint density at radius 2 is 2.25 bits per heavy atom. The molecule has 0 bridgehead atoms. The molecule has 6 heteroatoms. The molecular formula is C14H15N5O. The van der Waals surface area contributed by atoms with Crippen molar-refractivity contribution in [3.05, 3.63) is 48.1 Å². The number of benzene rings is 1. The molecule has 1 aromatic heterocycles. The fraction of sp³-hybridized carbons (Fsp3) is 0.214. The van der Waals surface area contributed by atoms with E-state index in [4.69, 9.17) is 5.73 Å². The minimum atomic E-state index is -0.0262. The Balaban J connectivity index is 1.68. The number of carbonyl (C=O) groups is 1. The number of nitrogens with two attached hydrogens (primary N) is 1. The average molecular weight is 269 g/mol. The summed E-state index contributed by atoms with van der Waals surface area (Å²) in [4.78, 5) is 13.9. The normalized spacial score (nSPS) is 14.5. The van der Waals surface area contributed by atoms with Crippen molar-refractivity contribution in [1.82, 2.24) is 19.7 Å². The predicted octanol–water partition coefficient (Wildman–Crippen LogP) is 0.916. The monoisotopic (exact) mass is 269 g/mol. The van der Waals surface area contributed by atoms with E-state index in [1.54, 1.807) is 23.4 Å². The van der Waals surface area contributed by atoms with Crippen molar-refractivity contribution in [3.63, 3.8) is 0 Å². The molecule has 0 unspecified atom stereocenters. The molecule has 0 fully saturated rings. The van der Waals surface area contributed by atoms with Crippen LogP contribution < -0.4 is 5.73 Å². The van der Waals surface area contributed by atoms with Gasteiger partial charge in [-0.15, -0.1) is 10.2 Å². The third-order valence-electron chi connectivity index (χ3n) is 3.28. The van der Waals surface area contributed by atoms with Gasteiger partial charge in [0, 0.05) is 24.9 Å². The van der Waals surface area contributed by atoms with Gasteiger partial charge in [-0.1, -0.05) is 12.1 Å². The van der Waals surface area contributed by atoms with E-state index in [0.717, 1.165) is 17.9 Å². The molecule has 1 amide bonds. The van der Waals surface area contributed by atoms with Gasteiger partial charge in [0.25, 0.3) is 0 Å². The second-order valence-corrected chi connectivity index (χ2v) is 4.70. The first-order chi connectivity index (χ1) is 9.72. The molecule has 0 aliphatic carbocycles. The Morgan fingerprint density at radius 1 is 1.35 bits per heavy atom. The van der Waals surface area contributed by atoms with Crippen molar-refractivity contribution in [2.75, 3.05) is 12.3 Å². The minimum Gasteiger partial charge on any atom is -0.399 e. The predicted molar refractivity (Wildman–Crippen MR) is 75.3 cm³/mol. The van der Waals surface area contributed by atoms with Crippen LogP contribution in [0.15, 0.2) is 36.7 Å². The first kappa shape index (κ1) is 12.4. The van der Waals surface area contributed by atoms with Gasteiger partial charge in [-0.25, -0.2) is 0 Å². The third-order valence-corrected chi connectivity index (χ3v) is 3.28. The van der Waals surface area contributed by atoms with Crippen LogP contribution in [0.25, 0.3) is 6.08 Å². The summed E-state index contributed by atoms with van der Waals surface area (Å²) in [6, 6.07) is 7.42. The van der Waals surface area contributed by atoms with Crippen LogP contribution >= 0.6 is 0 Å². The summed E-state index contributed by atoms with van der Waals surface area (Å²) >= 11 is 0. The number of carbonyl (C=O) groups excluding carboxylic acids is 1. The smallest absolute Gasteiger partial charge is 0.247 e. The number of anilines is 1. The van der Waals surface area contributed by atoms with E-state index in [-0.39, 0.29) is 5.91 Å². The molecule has 2 N–H and O–H groups in total. The molecule has 1 aromatic carbocycles. The van der Waals surface area contributed by atoms with Crippen LogP contribution in [0.1, 0.15) is 11.4 Å². The quantitative estimate of drug-likeness (QED) is 0.649. The molecule has 0 atom stereocenters. The molecule has 20 heavy (non-hydrogen) atoms. The highest BCUT2D eigenvalue weighted by Crippen LogP contribution is 2.11. The van der Waals surface area contributed by atoms with Gasteiger partial charge in [0.2, 0.25) is 5.91 Å². The number of nitrogen functional groups attached to an aromatic ring is 1. The SMILES string of the molecule is Nc1cccc(/C=C/C(=O)N2CCn3cnnc3C2)c1. The van der Waals surface area contributed by atoms with Crippen molar-refractivity contribution in [1.29, 1.82) is 0 Å². The molecule has 6 nitrogen and oxygen atoms in total. The van der Waals surface area contributed by atoms with Gasteiger partial charge in [-0.05, 0) is 23.8 Å². The highest BCUT2D eigenvalue weighted by molar-refractivity contribution is 5.91. The lowest BCUT2D eigenvalue weighted by Gasteiger charge is -2.25. The van der Waals surface area contributed by atoms with Gasteiger partial charge in [0.15, 0.2) is 5.82 Å². The van der Waals surface area contributed by atoms with Gasteiger partial charge in [0.05, 0.1) is 6.54 Å². The molecule has 2 heterocycles. The van der Waals surface area contributed by atoms with Gasteiger partial charge >= 0.3 is 0 Å². The van der Waals surface area contributed by atoms with E-state index in [9.17, 15) is 4.79 Å². The molecule has 3 rings (SSSR count).